The molecule has 2 fully saturated rings. The maximum absolute atomic E-state index is 10.6. The summed E-state index contributed by atoms with van der Waals surface area (Å²) in [6, 6.07) is 0.891. The Morgan fingerprint density at radius 3 is 3.00 bits per heavy atom. The van der Waals surface area contributed by atoms with E-state index in [1.165, 1.54) is 25.7 Å². The van der Waals surface area contributed by atoms with E-state index in [-0.39, 0.29) is 6.42 Å². The van der Waals surface area contributed by atoms with Crippen molar-refractivity contribution in [1.29, 1.82) is 0 Å². The van der Waals surface area contributed by atoms with Gasteiger partial charge in [-0.25, -0.2) is 0 Å². The van der Waals surface area contributed by atoms with Gasteiger partial charge < -0.3 is 9.84 Å². The Morgan fingerprint density at radius 1 is 1.47 bits per heavy atom. The normalized spacial score (nSPS) is 31.8. The number of ether oxygens (including phenoxy) is 1. The second-order valence-corrected chi connectivity index (χ2v) is 5.28. The summed E-state index contributed by atoms with van der Waals surface area (Å²) in [7, 11) is 0. The molecule has 1 saturated heterocycles. The highest BCUT2D eigenvalue weighted by Gasteiger charge is 2.36. The Bertz CT molecular complexity index is 267. The van der Waals surface area contributed by atoms with Gasteiger partial charge in [-0.15, -0.1) is 0 Å². The standard InChI is InChI=1S/C13H23NO3/c1-10(6-7-13(15)16)14-8-9-17-12-5-3-2-4-11(12)14/h10-12H,2-9H2,1H3,(H,15,16). The van der Waals surface area contributed by atoms with Crippen molar-refractivity contribution in [3.8, 4) is 0 Å². The van der Waals surface area contributed by atoms with E-state index in [1.807, 2.05) is 0 Å². The molecule has 98 valence electrons. The van der Waals surface area contributed by atoms with E-state index in [2.05, 4.69) is 11.8 Å². The van der Waals surface area contributed by atoms with E-state index in [0.29, 0.717) is 18.2 Å². The number of carboxylic acid groups (broad SMARTS) is 1. The Morgan fingerprint density at radius 2 is 2.24 bits per heavy atom. The number of hydrogen-bond acceptors (Lipinski definition) is 3. The minimum Gasteiger partial charge on any atom is -0.481 e. The molecule has 0 aromatic carbocycles. The number of hydrogen-bond donors (Lipinski definition) is 1. The largest absolute Gasteiger partial charge is 0.481 e. The van der Waals surface area contributed by atoms with Crippen molar-refractivity contribution in [2.75, 3.05) is 13.2 Å². The third-order valence-electron chi connectivity index (χ3n) is 4.12. The van der Waals surface area contributed by atoms with Crippen LogP contribution in [0, 0.1) is 0 Å². The molecule has 1 N–H and O–H groups in total. The second-order valence-electron chi connectivity index (χ2n) is 5.28. The molecular weight excluding hydrogens is 218 g/mol. The maximum atomic E-state index is 10.6. The molecule has 17 heavy (non-hydrogen) atoms. The van der Waals surface area contributed by atoms with Crippen LogP contribution in [0.1, 0.15) is 45.4 Å². The van der Waals surface area contributed by atoms with Gasteiger partial charge in [0.25, 0.3) is 0 Å². The molecule has 0 aromatic rings. The number of fused-ring (bicyclic) bond motifs is 1. The van der Waals surface area contributed by atoms with Crippen LogP contribution in [0.5, 0.6) is 0 Å². The summed E-state index contributed by atoms with van der Waals surface area (Å²) < 4.78 is 5.83. The Kier molecular flexibility index (Phi) is 4.40. The lowest BCUT2D eigenvalue weighted by Gasteiger charge is -2.46. The lowest BCUT2D eigenvalue weighted by Crippen LogP contribution is -2.55. The van der Waals surface area contributed by atoms with Crippen LogP contribution in [0.3, 0.4) is 0 Å². The zero-order valence-electron chi connectivity index (χ0n) is 10.6. The molecule has 2 aliphatic rings. The molecule has 1 aliphatic heterocycles. The summed E-state index contributed by atoms with van der Waals surface area (Å²) >= 11 is 0. The van der Waals surface area contributed by atoms with Gasteiger partial charge in [-0.2, -0.15) is 0 Å². The number of nitrogens with zero attached hydrogens (tertiary/aromatic N) is 1. The van der Waals surface area contributed by atoms with Crippen LogP contribution >= 0.6 is 0 Å². The number of carbonyl (C=O) groups is 1. The summed E-state index contributed by atoms with van der Waals surface area (Å²) in [6.45, 7) is 3.92. The number of morpholine rings is 1. The predicted molar refractivity (Wildman–Crippen MR) is 65.0 cm³/mol. The Labute approximate surface area is 103 Å². The molecule has 3 unspecified atom stereocenters. The molecular formula is C13H23NO3. The molecule has 1 heterocycles. The van der Waals surface area contributed by atoms with Gasteiger partial charge in [0.05, 0.1) is 12.7 Å². The summed E-state index contributed by atoms with van der Waals surface area (Å²) in [4.78, 5) is 13.1. The molecule has 3 atom stereocenters. The fourth-order valence-corrected chi connectivity index (χ4v) is 3.17. The number of carboxylic acids is 1. The highest BCUT2D eigenvalue weighted by molar-refractivity contribution is 5.66. The molecule has 0 amide bonds. The van der Waals surface area contributed by atoms with E-state index < -0.39 is 5.97 Å². The van der Waals surface area contributed by atoms with Crippen LogP contribution in [0.4, 0.5) is 0 Å². The first-order valence-electron chi connectivity index (χ1n) is 6.77. The van der Waals surface area contributed by atoms with Crippen molar-refractivity contribution in [3.05, 3.63) is 0 Å². The fourth-order valence-electron chi connectivity index (χ4n) is 3.17. The van der Waals surface area contributed by atoms with Gasteiger partial charge in [0.1, 0.15) is 0 Å². The molecule has 0 spiro atoms. The maximum Gasteiger partial charge on any atom is 0.303 e. The van der Waals surface area contributed by atoms with Gasteiger partial charge in [-0.1, -0.05) is 12.8 Å². The number of aliphatic carboxylic acids is 1. The van der Waals surface area contributed by atoms with Crippen molar-refractivity contribution in [3.63, 3.8) is 0 Å². The molecule has 4 nitrogen and oxygen atoms in total. The van der Waals surface area contributed by atoms with Crippen LogP contribution in [0.15, 0.2) is 0 Å². The van der Waals surface area contributed by atoms with Gasteiger partial charge >= 0.3 is 5.97 Å². The van der Waals surface area contributed by atoms with E-state index >= 15 is 0 Å². The van der Waals surface area contributed by atoms with Crippen LogP contribution in [0.2, 0.25) is 0 Å². The zero-order valence-corrected chi connectivity index (χ0v) is 10.6. The van der Waals surface area contributed by atoms with Crippen molar-refractivity contribution >= 4 is 5.97 Å². The third-order valence-corrected chi connectivity index (χ3v) is 4.12. The molecule has 2 rings (SSSR count). The Balaban J connectivity index is 1.91. The highest BCUT2D eigenvalue weighted by Crippen LogP contribution is 2.30. The van der Waals surface area contributed by atoms with Crippen LogP contribution in [0.25, 0.3) is 0 Å². The van der Waals surface area contributed by atoms with E-state index in [0.717, 1.165) is 19.6 Å². The van der Waals surface area contributed by atoms with Gasteiger partial charge in [-0.05, 0) is 26.2 Å². The van der Waals surface area contributed by atoms with Crippen molar-refractivity contribution in [1.82, 2.24) is 4.90 Å². The first-order valence-corrected chi connectivity index (χ1v) is 6.77. The average molecular weight is 241 g/mol. The lowest BCUT2D eigenvalue weighted by molar-refractivity contribution is -0.138. The topological polar surface area (TPSA) is 49.8 Å². The van der Waals surface area contributed by atoms with E-state index in [1.54, 1.807) is 0 Å². The Hall–Kier alpha value is -0.610. The number of rotatable bonds is 4. The van der Waals surface area contributed by atoms with Crippen molar-refractivity contribution < 1.29 is 14.6 Å². The highest BCUT2D eigenvalue weighted by atomic mass is 16.5. The van der Waals surface area contributed by atoms with Gasteiger partial charge in [0.15, 0.2) is 0 Å². The second kappa shape index (κ2) is 5.83. The predicted octanol–water partition coefficient (Wildman–Crippen LogP) is 1.88. The zero-order chi connectivity index (χ0) is 12.3. The summed E-state index contributed by atoms with van der Waals surface area (Å²) in [6.07, 6.45) is 6.36. The van der Waals surface area contributed by atoms with Crippen molar-refractivity contribution in [2.24, 2.45) is 0 Å². The summed E-state index contributed by atoms with van der Waals surface area (Å²) in [5.74, 6) is -0.690. The van der Waals surface area contributed by atoms with Crippen LogP contribution < -0.4 is 0 Å². The average Bonchev–Trinajstić information content (AvgIpc) is 2.35. The van der Waals surface area contributed by atoms with Crippen LogP contribution in [-0.2, 0) is 9.53 Å². The van der Waals surface area contributed by atoms with Gasteiger partial charge in [0, 0.05) is 25.0 Å². The first kappa shape index (κ1) is 12.8. The summed E-state index contributed by atoms with van der Waals surface area (Å²) in [5.41, 5.74) is 0. The van der Waals surface area contributed by atoms with Crippen LogP contribution in [-0.4, -0.2) is 47.3 Å². The molecule has 0 bridgehead atoms. The smallest absolute Gasteiger partial charge is 0.303 e. The minimum atomic E-state index is -0.690. The molecule has 1 saturated carbocycles. The molecule has 0 radical (unpaired) electrons. The van der Waals surface area contributed by atoms with Crippen molar-refractivity contribution in [2.45, 2.75) is 63.6 Å². The van der Waals surface area contributed by atoms with E-state index in [9.17, 15) is 4.79 Å². The van der Waals surface area contributed by atoms with Gasteiger partial charge in [0.2, 0.25) is 0 Å². The SMILES string of the molecule is CC(CCC(=O)O)N1CCOC2CCCCC21. The first-order chi connectivity index (χ1) is 8.18. The van der Waals surface area contributed by atoms with Gasteiger partial charge in [-0.3, -0.25) is 9.69 Å². The fraction of sp³-hybridized carbons (Fsp3) is 0.923. The van der Waals surface area contributed by atoms with E-state index in [4.69, 9.17) is 9.84 Å². The molecule has 0 aromatic heterocycles. The lowest BCUT2D eigenvalue weighted by atomic mass is 9.89. The monoisotopic (exact) mass is 241 g/mol. The molecule has 1 aliphatic carbocycles. The minimum absolute atomic E-state index is 0.274. The summed E-state index contributed by atoms with van der Waals surface area (Å²) in [5, 5.41) is 8.75. The molecule has 4 heteroatoms. The quantitative estimate of drug-likeness (QED) is 0.816. The third kappa shape index (κ3) is 3.19.